The van der Waals surface area contributed by atoms with Crippen molar-refractivity contribution in [2.24, 2.45) is 13.0 Å². The van der Waals surface area contributed by atoms with Gasteiger partial charge >= 0.3 is 5.97 Å². The highest BCUT2D eigenvalue weighted by Gasteiger charge is 2.48. The first-order valence-corrected chi connectivity index (χ1v) is 8.42. The predicted octanol–water partition coefficient (Wildman–Crippen LogP) is 1.92. The van der Waals surface area contributed by atoms with Crippen LogP contribution in [0.1, 0.15) is 39.5 Å². The summed E-state index contributed by atoms with van der Waals surface area (Å²) in [4.78, 5) is 11.8. The molecule has 2 unspecified atom stereocenters. The van der Waals surface area contributed by atoms with Gasteiger partial charge in [0.2, 0.25) is 0 Å². The first kappa shape index (κ1) is 16.3. The van der Waals surface area contributed by atoms with Crippen molar-refractivity contribution < 1.29 is 9.90 Å². The fraction of sp³-hybridized carbons (Fsp3) is 0.786. The van der Waals surface area contributed by atoms with Crippen LogP contribution in [0.2, 0.25) is 0 Å². The first-order valence-electron chi connectivity index (χ1n) is 7.43. The number of aliphatic carboxylic acids is 1. The van der Waals surface area contributed by atoms with Gasteiger partial charge in [-0.3, -0.25) is 10.1 Å². The van der Waals surface area contributed by atoms with Crippen molar-refractivity contribution in [3.8, 4) is 0 Å². The molecular formula is C14H24N4O2S. The van der Waals surface area contributed by atoms with Crippen LogP contribution in [0, 0.1) is 5.92 Å². The van der Waals surface area contributed by atoms with Gasteiger partial charge in [-0.05, 0) is 39.0 Å². The second-order valence-corrected chi connectivity index (χ2v) is 7.09. The molecule has 0 saturated heterocycles. The summed E-state index contributed by atoms with van der Waals surface area (Å²) < 4.78 is 1.89. The molecule has 0 aromatic carbocycles. The van der Waals surface area contributed by atoms with E-state index in [1.54, 1.807) is 18.1 Å². The van der Waals surface area contributed by atoms with Gasteiger partial charge in [0.15, 0.2) is 5.16 Å². The fourth-order valence-corrected chi connectivity index (χ4v) is 4.15. The molecule has 0 spiro atoms. The molecule has 1 aromatic heterocycles. The third-order valence-electron chi connectivity index (χ3n) is 4.12. The van der Waals surface area contributed by atoms with E-state index in [2.05, 4.69) is 15.5 Å². The fourth-order valence-electron chi connectivity index (χ4n) is 3.21. The summed E-state index contributed by atoms with van der Waals surface area (Å²) >= 11 is 1.64. The normalized spacial score (nSPS) is 25.6. The summed E-state index contributed by atoms with van der Waals surface area (Å²) in [6.45, 7) is 4.02. The maximum atomic E-state index is 11.8. The Labute approximate surface area is 129 Å². The Balaban J connectivity index is 1.97. The van der Waals surface area contributed by atoms with Gasteiger partial charge in [-0.15, -0.1) is 10.2 Å². The van der Waals surface area contributed by atoms with Gasteiger partial charge in [0.05, 0.1) is 0 Å². The van der Waals surface area contributed by atoms with Crippen molar-refractivity contribution in [3.05, 3.63) is 6.33 Å². The summed E-state index contributed by atoms with van der Waals surface area (Å²) in [6.07, 6.45) is 5.24. The minimum Gasteiger partial charge on any atom is -0.480 e. The maximum absolute atomic E-state index is 11.8. The van der Waals surface area contributed by atoms with Gasteiger partial charge in [0.1, 0.15) is 11.9 Å². The van der Waals surface area contributed by atoms with Crippen LogP contribution in [-0.4, -0.2) is 43.2 Å². The van der Waals surface area contributed by atoms with E-state index in [0.29, 0.717) is 0 Å². The molecule has 118 valence electrons. The average molecular weight is 312 g/mol. The largest absolute Gasteiger partial charge is 0.480 e. The number of aryl methyl sites for hydroxylation is 1. The number of hydrogen-bond acceptors (Lipinski definition) is 5. The van der Waals surface area contributed by atoms with E-state index in [1.807, 2.05) is 25.5 Å². The lowest BCUT2D eigenvalue weighted by Gasteiger charge is -2.34. The van der Waals surface area contributed by atoms with Gasteiger partial charge in [0.25, 0.3) is 0 Å². The standard InChI is InChI=1S/C14H24N4O2S/c1-10(2)16-14(12(19)20)7-4-5-11(14)6-8-21-13-17-15-9-18(13)3/h9-11,16H,4-8H2,1-3H3,(H,19,20). The van der Waals surface area contributed by atoms with E-state index in [0.717, 1.165) is 36.6 Å². The SMILES string of the molecule is CC(C)NC1(C(=O)O)CCCC1CCSc1nncn1C. The lowest BCUT2D eigenvalue weighted by atomic mass is 9.84. The van der Waals surface area contributed by atoms with Gasteiger partial charge in [0, 0.05) is 18.8 Å². The van der Waals surface area contributed by atoms with E-state index in [9.17, 15) is 9.90 Å². The molecule has 2 N–H and O–H groups in total. The average Bonchev–Trinajstić information content (AvgIpc) is 2.97. The number of carbonyl (C=O) groups is 1. The number of nitrogens with one attached hydrogen (secondary N) is 1. The summed E-state index contributed by atoms with van der Waals surface area (Å²) in [5.74, 6) is 0.340. The van der Waals surface area contributed by atoms with E-state index in [1.165, 1.54) is 0 Å². The highest BCUT2D eigenvalue weighted by Crippen LogP contribution is 2.39. The van der Waals surface area contributed by atoms with Crippen molar-refractivity contribution in [2.75, 3.05) is 5.75 Å². The summed E-state index contributed by atoms with van der Waals surface area (Å²) in [6, 6.07) is 0.174. The molecule has 1 fully saturated rings. The number of hydrogen-bond donors (Lipinski definition) is 2. The van der Waals surface area contributed by atoms with Crippen LogP contribution in [0.15, 0.2) is 11.5 Å². The van der Waals surface area contributed by atoms with Crippen molar-refractivity contribution in [3.63, 3.8) is 0 Å². The van der Waals surface area contributed by atoms with Crippen LogP contribution in [0.25, 0.3) is 0 Å². The Morgan fingerprint density at radius 3 is 3.00 bits per heavy atom. The molecule has 1 aliphatic rings. The topological polar surface area (TPSA) is 80.0 Å². The summed E-state index contributed by atoms with van der Waals surface area (Å²) in [7, 11) is 1.92. The van der Waals surface area contributed by atoms with Gasteiger partial charge in [-0.2, -0.15) is 0 Å². The quantitative estimate of drug-likeness (QED) is 0.749. The van der Waals surface area contributed by atoms with E-state index in [-0.39, 0.29) is 12.0 Å². The Morgan fingerprint density at radius 2 is 2.43 bits per heavy atom. The zero-order valence-electron chi connectivity index (χ0n) is 12.9. The molecule has 6 nitrogen and oxygen atoms in total. The molecular weight excluding hydrogens is 288 g/mol. The van der Waals surface area contributed by atoms with Crippen LogP contribution in [-0.2, 0) is 11.8 Å². The van der Waals surface area contributed by atoms with Crippen molar-refractivity contribution in [1.29, 1.82) is 0 Å². The molecule has 0 bridgehead atoms. The lowest BCUT2D eigenvalue weighted by Crippen LogP contribution is -2.57. The number of thioether (sulfide) groups is 1. The third-order valence-corrected chi connectivity index (χ3v) is 5.18. The molecule has 2 atom stereocenters. The molecule has 1 saturated carbocycles. The number of carboxylic acid groups (broad SMARTS) is 1. The van der Waals surface area contributed by atoms with Crippen molar-refractivity contribution in [1.82, 2.24) is 20.1 Å². The maximum Gasteiger partial charge on any atom is 0.324 e. The number of aromatic nitrogens is 3. The summed E-state index contributed by atoms with van der Waals surface area (Å²) in [5.41, 5.74) is -0.755. The van der Waals surface area contributed by atoms with E-state index in [4.69, 9.17) is 0 Å². The second kappa shape index (κ2) is 6.79. The molecule has 1 heterocycles. The molecule has 0 amide bonds. The van der Waals surface area contributed by atoms with Crippen LogP contribution >= 0.6 is 11.8 Å². The van der Waals surface area contributed by atoms with E-state index < -0.39 is 11.5 Å². The van der Waals surface area contributed by atoms with E-state index >= 15 is 0 Å². The van der Waals surface area contributed by atoms with Crippen LogP contribution in [0.4, 0.5) is 0 Å². The van der Waals surface area contributed by atoms with Gasteiger partial charge in [-0.1, -0.05) is 18.2 Å². The Morgan fingerprint density at radius 1 is 1.67 bits per heavy atom. The minimum atomic E-state index is -0.755. The third kappa shape index (κ3) is 3.58. The molecule has 0 aliphatic heterocycles. The number of rotatable bonds is 7. The lowest BCUT2D eigenvalue weighted by molar-refractivity contribution is -0.147. The van der Waals surface area contributed by atoms with Crippen LogP contribution < -0.4 is 5.32 Å². The monoisotopic (exact) mass is 312 g/mol. The second-order valence-electron chi connectivity index (χ2n) is 6.03. The van der Waals surface area contributed by atoms with Crippen LogP contribution in [0.5, 0.6) is 0 Å². The highest BCUT2D eigenvalue weighted by molar-refractivity contribution is 7.99. The summed E-state index contributed by atoms with van der Waals surface area (Å²) in [5, 5.41) is 21.8. The molecule has 1 aromatic rings. The molecule has 2 rings (SSSR count). The Hall–Kier alpha value is -1.08. The van der Waals surface area contributed by atoms with Crippen molar-refractivity contribution >= 4 is 17.7 Å². The smallest absolute Gasteiger partial charge is 0.324 e. The minimum absolute atomic E-state index is 0.174. The van der Waals surface area contributed by atoms with Gasteiger partial charge < -0.3 is 9.67 Å². The predicted molar refractivity (Wildman–Crippen MR) is 82.3 cm³/mol. The first-order chi connectivity index (χ1) is 9.95. The Bertz CT molecular complexity index is 491. The zero-order chi connectivity index (χ0) is 15.5. The zero-order valence-corrected chi connectivity index (χ0v) is 13.7. The van der Waals surface area contributed by atoms with Crippen molar-refractivity contribution in [2.45, 2.75) is 56.3 Å². The number of carboxylic acids is 1. The Kier molecular flexibility index (Phi) is 5.27. The molecule has 1 aliphatic carbocycles. The highest BCUT2D eigenvalue weighted by atomic mass is 32.2. The molecule has 0 radical (unpaired) electrons. The number of nitrogens with zero attached hydrogens (tertiary/aromatic N) is 3. The van der Waals surface area contributed by atoms with Gasteiger partial charge in [-0.25, -0.2) is 0 Å². The molecule has 21 heavy (non-hydrogen) atoms. The molecule has 7 heteroatoms. The van der Waals surface area contributed by atoms with Crippen LogP contribution in [0.3, 0.4) is 0 Å².